The summed E-state index contributed by atoms with van der Waals surface area (Å²) in [5.74, 6) is 1.97. The van der Waals surface area contributed by atoms with Gasteiger partial charge >= 0.3 is 0 Å². The van der Waals surface area contributed by atoms with Crippen LogP contribution in [0.25, 0.3) is 11.3 Å². The van der Waals surface area contributed by atoms with Gasteiger partial charge in [0.2, 0.25) is 0 Å². The van der Waals surface area contributed by atoms with Gasteiger partial charge in [0.05, 0.1) is 5.69 Å². The second kappa shape index (κ2) is 5.81. The standard InChI is InChI=1S/C14H17ClN2S/c1-10(2)13-16-14(18)12(17(13)9-8-15)11-6-4-3-5-7-11/h3-7,10,18H,8-9H2,1-2H3. The van der Waals surface area contributed by atoms with Gasteiger partial charge in [0.1, 0.15) is 10.9 Å². The SMILES string of the molecule is CC(C)c1nc(S)c(-c2ccccc2)n1CCCl. The Kier molecular flexibility index (Phi) is 4.36. The number of halogens is 1. The molecular weight excluding hydrogens is 264 g/mol. The molecule has 0 aliphatic heterocycles. The summed E-state index contributed by atoms with van der Waals surface area (Å²) in [6, 6.07) is 10.2. The number of rotatable bonds is 4. The molecule has 0 atom stereocenters. The van der Waals surface area contributed by atoms with Crippen LogP contribution in [0.1, 0.15) is 25.6 Å². The summed E-state index contributed by atoms with van der Waals surface area (Å²) in [7, 11) is 0. The maximum Gasteiger partial charge on any atom is 0.119 e. The van der Waals surface area contributed by atoms with E-state index in [4.69, 9.17) is 11.6 Å². The number of hydrogen-bond donors (Lipinski definition) is 1. The highest BCUT2D eigenvalue weighted by Crippen LogP contribution is 2.30. The van der Waals surface area contributed by atoms with Crippen molar-refractivity contribution in [3.63, 3.8) is 0 Å². The molecule has 18 heavy (non-hydrogen) atoms. The Balaban J connectivity index is 2.59. The fourth-order valence-electron chi connectivity index (χ4n) is 2.09. The molecule has 96 valence electrons. The van der Waals surface area contributed by atoms with E-state index in [1.165, 1.54) is 0 Å². The van der Waals surface area contributed by atoms with Crippen LogP contribution >= 0.6 is 24.2 Å². The molecule has 4 heteroatoms. The summed E-state index contributed by atoms with van der Waals surface area (Å²) >= 11 is 10.4. The summed E-state index contributed by atoms with van der Waals surface area (Å²) in [5, 5.41) is 0.773. The van der Waals surface area contributed by atoms with E-state index < -0.39 is 0 Å². The molecule has 1 heterocycles. The summed E-state index contributed by atoms with van der Waals surface area (Å²) in [6.07, 6.45) is 0. The molecule has 2 nitrogen and oxygen atoms in total. The van der Waals surface area contributed by atoms with Gasteiger partial charge in [0.25, 0.3) is 0 Å². The molecule has 0 bridgehead atoms. The molecule has 0 unspecified atom stereocenters. The van der Waals surface area contributed by atoms with Gasteiger partial charge in [-0.05, 0) is 0 Å². The zero-order valence-electron chi connectivity index (χ0n) is 10.6. The fraction of sp³-hybridized carbons (Fsp3) is 0.357. The zero-order valence-corrected chi connectivity index (χ0v) is 12.2. The molecule has 0 radical (unpaired) electrons. The average molecular weight is 281 g/mol. The van der Waals surface area contributed by atoms with Gasteiger partial charge in [-0.1, -0.05) is 44.2 Å². The van der Waals surface area contributed by atoms with Gasteiger partial charge in [-0.25, -0.2) is 4.98 Å². The molecule has 2 rings (SSSR count). The third-order valence-corrected chi connectivity index (χ3v) is 3.33. The molecule has 0 aliphatic rings. The predicted octanol–water partition coefficient (Wildman–Crippen LogP) is 4.20. The van der Waals surface area contributed by atoms with Crippen LogP contribution in [0.15, 0.2) is 35.4 Å². The Morgan fingerprint density at radius 3 is 2.50 bits per heavy atom. The predicted molar refractivity (Wildman–Crippen MR) is 79.7 cm³/mol. The van der Waals surface area contributed by atoms with E-state index in [9.17, 15) is 0 Å². The van der Waals surface area contributed by atoms with Gasteiger partial charge in [0, 0.05) is 23.9 Å². The van der Waals surface area contributed by atoms with Crippen LogP contribution in [0.5, 0.6) is 0 Å². The average Bonchev–Trinajstić information content (AvgIpc) is 2.68. The minimum absolute atomic E-state index is 0.358. The minimum Gasteiger partial charge on any atom is -0.326 e. The number of nitrogens with zero attached hydrogens (tertiary/aromatic N) is 2. The van der Waals surface area contributed by atoms with E-state index in [2.05, 4.69) is 48.2 Å². The van der Waals surface area contributed by atoms with Crippen molar-refractivity contribution in [1.29, 1.82) is 0 Å². The lowest BCUT2D eigenvalue weighted by atomic mass is 10.1. The Labute approximate surface area is 118 Å². The maximum atomic E-state index is 5.91. The molecule has 0 saturated carbocycles. The number of hydrogen-bond acceptors (Lipinski definition) is 2. The van der Waals surface area contributed by atoms with Gasteiger partial charge in [-0.3, -0.25) is 0 Å². The summed E-state index contributed by atoms with van der Waals surface area (Å²) in [6.45, 7) is 5.02. The van der Waals surface area contributed by atoms with Gasteiger partial charge in [-0.2, -0.15) is 0 Å². The Bertz CT molecular complexity index is 520. The van der Waals surface area contributed by atoms with Crippen LogP contribution in [-0.2, 0) is 6.54 Å². The highest BCUT2D eigenvalue weighted by molar-refractivity contribution is 7.80. The van der Waals surface area contributed by atoms with E-state index in [0.29, 0.717) is 11.8 Å². The first kappa shape index (κ1) is 13.5. The van der Waals surface area contributed by atoms with E-state index in [0.717, 1.165) is 28.7 Å². The van der Waals surface area contributed by atoms with Gasteiger partial charge in [0.15, 0.2) is 0 Å². The van der Waals surface area contributed by atoms with Crippen LogP contribution in [-0.4, -0.2) is 15.4 Å². The number of aromatic nitrogens is 2. The van der Waals surface area contributed by atoms with Crippen molar-refractivity contribution in [3.8, 4) is 11.3 Å². The normalized spacial score (nSPS) is 11.2. The van der Waals surface area contributed by atoms with Crippen molar-refractivity contribution in [2.45, 2.75) is 31.3 Å². The number of thiol groups is 1. The van der Waals surface area contributed by atoms with Crippen molar-refractivity contribution in [2.75, 3.05) is 5.88 Å². The summed E-state index contributed by atoms with van der Waals surface area (Å²) in [4.78, 5) is 4.57. The number of alkyl halides is 1. The third-order valence-electron chi connectivity index (χ3n) is 2.85. The Morgan fingerprint density at radius 1 is 1.28 bits per heavy atom. The lowest BCUT2D eigenvalue weighted by Crippen LogP contribution is -2.08. The molecule has 0 N–H and O–H groups in total. The molecule has 2 aromatic rings. The highest BCUT2D eigenvalue weighted by atomic mass is 35.5. The first-order valence-electron chi connectivity index (χ1n) is 6.06. The van der Waals surface area contributed by atoms with E-state index in [-0.39, 0.29) is 0 Å². The molecule has 0 amide bonds. The largest absolute Gasteiger partial charge is 0.326 e. The van der Waals surface area contributed by atoms with Crippen LogP contribution in [0.2, 0.25) is 0 Å². The van der Waals surface area contributed by atoms with Gasteiger partial charge < -0.3 is 4.57 Å². The molecule has 1 aromatic carbocycles. The van der Waals surface area contributed by atoms with Crippen LogP contribution in [0.4, 0.5) is 0 Å². The van der Waals surface area contributed by atoms with Crippen molar-refractivity contribution in [3.05, 3.63) is 36.2 Å². The zero-order chi connectivity index (χ0) is 13.1. The molecule has 0 saturated heterocycles. The fourth-order valence-corrected chi connectivity index (χ4v) is 2.61. The molecular formula is C14H17ClN2S. The van der Waals surface area contributed by atoms with Crippen LogP contribution in [0.3, 0.4) is 0 Å². The van der Waals surface area contributed by atoms with E-state index >= 15 is 0 Å². The van der Waals surface area contributed by atoms with Gasteiger partial charge in [-0.15, -0.1) is 24.2 Å². The van der Waals surface area contributed by atoms with Crippen molar-refractivity contribution in [1.82, 2.24) is 9.55 Å². The highest BCUT2D eigenvalue weighted by Gasteiger charge is 2.17. The first-order chi connectivity index (χ1) is 8.65. The van der Waals surface area contributed by atoms with Crippen LogP contribution < -0.4 is 0 Å². The second-order valence-corrected chi connectivity index (χ2v) is 5.31. The topological polar surface area (TPSA) is 17.8 Å². The van der Waals surface area contributed by atoms with Crippen molar-refractivity contribution >= 4 is 24.2 Å². The molecule has 0 spiro atoms. The Morgan fingerprint density at radius 2 is 1.94 bits per heavy atom. The van der Waals surface area contributed by atoms with E-state index in [1.807, 2.05) is 18.2 Å². The third kappa shape index (κ3) is 2.57. The molecule has 0 fully saturated rings. The lowest BCUT2D eigenvalue weighted by molar-refractivity contribution is 0.659. The smallest absolute Gasteiger partial charge is 0.119 e. The molecule has 0 aliphatic carbocycles. The summed E-state index contributed by atoms with van der Waals surface area (Å²) < 4.78 is 2.18. The summed E-state index contributed by atoms with van der Waals surface area (Å²) in [5.41, 5.74) is 2.19. The van der Waals surface area contributed by atoms with Crippen LogP contribution in [0, 0.1) is 0 Å². The van der Waals surface area contributed by atoms with E-state index in [1.54, 1.807) is 0 Å². The minimum atomic E-state index is 0.358. The van der Waals surface area contributed by atoms with Crippen molar-refractivity contribution in [2.24, 2.45) is 0 Å². The lowest BCUT2D eigenvalue weighted by Gasteiger charge is -2.12. The van der Waals surface area contributed by atoms with Crippen molar-refractivity contribution < 1.29 is 0 Å². The first-order valence-corrected chi connectivity index (χ1v) is 7.04. The quantitative estimate of drug-likeness (QED) is 0.656. The molecule has 1 aromatic heterocycles. The number of imidazole rings is 1. The monoisotopic (exact) mass is 280 g/mol. The maximum absolute atomic E-state index is 5.91. The Hall–Kier alpha value is -0.930. The second-order valence-electron chi connectivity index (χ2n) is 4.50. The number of benzene rings is 1.